The lowest BCUT2D eigenvalue weighted by atomic mass is 9.84. The van der Waals surface area contributed by atoms with Crippen LogP contribution >= 0.6 is 0 Å². The number of hydrogen-bond donors (Lipinski definition) is 1. The third-order valence-electron chi connectivity index (χ3n) is 3.51. The van der Waals surface area contributed by atoms with Gasteiger partial charge in [0.1, 0.15) is 0 Å². The molecule has 0 heterocycles. The monoisotopic (exact) mass is 267 g/mol. The van der Waals surface area contributed by atoms with Crippen LogP contribution < -0.4 is 5.32 Å². The largest absolute Gasteiger partial charge is 0.391 e. The van der Waals surface area contributed by atoms with Crippen LogP contribution in [0.4, 0.5) is 13.2 Å². The molecular weight excluding hydrogens is 243 g/mol. The first kappa shape index (κ1) is 15.8. The summed E-state index contributed by atoms with van der Waals surface area (Å²) in [6.45, 7) is 3.03. The van der Waals surface area contributed by atoms with E-state index in [1.54, 1.807) is 0 Å². The molecule has 0 aromatic carbocycles. The molecule has 0 bridgehead atoms. The maximum absolute atomic E-state index is 12.0. The molecule has 1 unspecified atom stereocenters. The van der Waals surface area contributed by atoms with Crippen LogP contribution in [0.5, 0.6) is 0 Å². The highest BCUT2D eigenvalue weighted by molar-refractivity contribution is 4.78. The average molecular weight is 267 g/mol. The summed E-state index contributed by atoms with van der Waals surface area (Å²) in [4.78, 5) is 0. The van der Waals surface area contributed by atoms with Crippen molar-refractivity contribution in [3.05, 3.63) is 0 Å². The third-order valence-corrected chi connectivity index (χ3v) is 3.51. The standard InChI is InChI=1S/C13H24F3NO/c1-2-17-12(11-6-4-3-5-7-11)10-18-9-8-13(14,15)16/h11-12,17H,2-10H2,1H3. The minimum Gasteiger partial charge on any atom is -0.379 e. The predicted octanol–water partition coefficient (Wildman–Crippen LogP) is 3.51. The molecule has 0 aromatic heterocycles. The van der Waals surface area contributed by atoms with Crippen LogP contribution in [0.15, 0.2) is 0 Å². The molecule has 1 rings (SSSR count). The number of rotatable bonds is 7. The van der Waals surface area contributed by atoms with E-state index in [1.807, 2.05) is 6.92 Å². The average Bonchev–Trinajstić information content (AvgIpc) is 2.33. The van der Waals surface area contributed by atoms with Gasteiger partial charge >= 0.3 is 6.18 Å². The highest BCUT2D eigenvalue weighted by Crippen LogP contribution is 2.27. The Hall–Kier alpha value is -0.290. The molecule has 1 aliphatic carbocycles. The van der Waals surface area contributed by atoms with E-state index in [2.05, 4.69) is 5.32 Å². The minimum atomic E-state index is -4.11. The molecular formula is C13H24F3NO. The van der Waals surface area contributed by atoms with Crippen LogP contribution in [0.1, 0.15) is 45.4 Å². The van der Waals surface area contributed by atoms with Crippen molar-refractivity contribution in [1.82, 2.24) is 5.32 Å². The lowest BCUT2D eigenvalue weighted by molar-refractivity contribution is -0.146. The normalized spacial score (nSPS) is 20.0. The van der Waals surface area contributed by atoms with Gasteiger partial charge < -0.3 is 10.1 Å². The summed E-state index contributed by atoms with van der Waals surface area (Å²) in [5.74, 6) is 0.560. The van der Waals surface area contributed by atoms with Crippen molar-refractivity contribution in [1.29, 1.82) is 0 Å². The third kappa shape index (κ3) is 6.59. The van der Waals surface area contributed by atoms with Gasteiger partial charge in [0.15, 0.2) is 0 Å². The Labute approximate surface area is 107 Å². The topological polar surface area (TPSA) is 21.3 Å². The highest BCUT2D eigenvalue weighted by atomic mass is 19.4. The SMILES string of the molecule is CCNC(COCCC(F)(F)F)C1CCCCC1. The summed E-state index contributed by atoms with van der Waals surface area (Å²) in [6.07, 6.45) is 1.12. The summed E-state index contributed by atoms with van der Waals surface area (Å²) in [7, 11) is 0. The highest BCUT2D eigenvalue weighted by Gasteiger charge is 2.27. The first-order valence-corrected chi connectivity index (χ1v) is 6.91. The number of ether oxygens (including phenoxy) is 1. The van der Waals surface area contributed by atoms with Crippen molar-refractivity contribution >= 4 is 0 Å². The Balaban J connectivity index is 2.24. The molecule has 0 saturated heterocycles. The Bertz CT molecular complexity index is 215. The van der Waals surface area contributed by atoms with Crippen molar-refractivity contribution in [3.8, 4) is 0 Å². The Kier molecular flexibility index (Phi) is 7.00. The molecule has 18 heavy (non-hydrogen) atoms. The van der Waals surface area contributed by atoms with Crippen LogP contribution in [0.25, 0.3) is 0 Å². The number of likely N-dealkylation sites (N-methyl/N-ethyl adjacent to an activating group) is 1. The van der Waals surface area contributed by atoms with Gasteiger partial charge in [0.05, 0.1) is 19.6 Å². The molecule has 1 N–H and O–H groups in total. The predicted molar refractivity (Wildman–Crippen MR) is 65.5 cm³/mol. The summed E-state index contributed by atoms with van der Waals surface area (Å²) in [5.41, 5.74) is 0. The van der Waals surface area contributed by atoms with Gasteiger partial charge in [-0.15, -0.1) is 0 Å². The van der Waals surface area contributed by atoms with Crippen molar-refractivity contribution < 1.29 is 17.9 Å². The number of halogens is 3. The number of alkyl halides is 3. The minimum absolute atomic E-state index is 0.212. The van der Waals surface area contributed by atoms with Gasteiger partial charge in [-0.2, -0.15) is 13.2 Å². The zero-order chi connectivity index (χ0) is 13.4. The Morgan fingerprint density at radius 1 is 1.22 bits per heavy atom. The zero-order valence-corrected chi connectivity index (χ0v) is 11.1. The fourth-order valence-electron chi connectivity index (χ4n) is 2.56. The van der Waals surface area contributed by atoms with E-state index in [0.717, 1.165) is 6.54 Å². The van der Waals surface area contributed by atoms with E-state index in [4.69, 9.17) is 4.74 Å². The van der Waals surface area contributed by atoms with Gasteiger partial charge in [-0.05, 0) is 25.3 Å². The lowest BCUT2D eigenvalue weighted by Gasteiger charge is -2.30. The zero-order valence-electron chi connectivity index (χ0n) is 11.1. The summed E-state index contributed by atoms with van der Waals surface area (Å²) in [5, 5.41) is 3.34. The van der Waals surface area contributed by atoms with E-state index >= 15 is 0 Å². The molecule has 1 atom stereocenters. The maximum atomic E-state index is 12.0. The van der Waals surface area contributed by atoms with Crippen LogP contribution in [0.2, 0.25) is 0 Å². The molecule has 1 aliphatic rings. The van der Waals surface area contributed by atoms with Crippen LogP contribution in [0, 0.1) is 5.92 Å². The van der Waals surface area contributed by atoms with Crippen LogP contribution in [-0.2, 0) is 4.74 Å². The summed E-state index contributed by atoms with van der Waals surface area (Å²) in [6, 6.07) is 0.212. The second-order valence-electron chi connectivity index (χ2n) is 5.00. The Morgan fingerprint density at radius 2 is 1.89 bits per heavy atom. The van der Waals surface area contributed by atoms with E-state index in [1.165, 1.54) is 32.1 Å². The molecule has 0 aliphatic heterocycles. The van der Waals surface area contributed by atoms with E-state index in [0.29, 0.717) is 12.5 Å². The summed E-state index contributed by atoms with van der Waals surface area (Å²) < 4.78 is 41.2. The van der Waals surface area contributed by atoms with Gasteiger partial charge in [0.25, 0.3) is 0 Å². The van der Waals surface area contributed by atoms with Crippen molar-refractivity contribution in [2.45, 2.75) is 57.7 Å². The van der Waals surface area contributed by atoms with Crippen molar-refractivity contribution in [3.63, 3.8) is 0 Å². The molecule has 2 nitrogen and oxygen atoms in total. The molecule has 1 saturated carbocycles. The fourth-order valence-corrected chi connectivity index (χ4v) is 2.56. The summed E-state index contributed by atoms with van der Waals surface area (Å²) >= 11 is 0. The molecule has 0 amide bonds. The van der Waals surface area contributed by atoms with Crippen LogP contribution in [0.3, 0.4) is 0 Å². The molecule has 108 valence electrons. The molecule has 1 fully saturated rings. The Morgan fingerprint density at radius 3 is 2.44 bits per heavy atom. The fraction of sp³-hybridized carbons (Fsp3) is 1.00. The second-order valence-corrected chi connectivity index (χ2v) is 5.00. The lowest BCUT2D eigenvalue weighted by Crippen LogP contribution is -2.41. The van der Waals surface area contributed by atoms with Gasteiger partial charge in [-0.3, -0.25) is 0 Å². The molecule has 5 heteroatoms. The number of nitrogens with one attached hydrogen (secondary N) is 1. The molecule has 0 radical (unpaired) electrons. The van der Waals surface area contributed by atoms with Gasteiger partial charge in [-0.25, -0.2) is 0 Å². The molecule has 0 spiro atoms. The number of hydrogen-bond acceptors (Lipinski definition) is 2. The van der Waals surface area contributed by atoms with E-state index in [9.17, 15) is 13.2 Å². The van der Waals surface area contributed by atoms with Crippen molar-refractivity contribution in [2.75, 3.05) is 19.8 Å². The van der Waals surface area contributed by atoms with Crippen LogP contribution in [-0.4, -0.2) is 32.0 Å². The second kappa shape index (κ2) is 8.00. The van der Waals surface area contributed by atoms with Crippen molar-refractivity contribution in [2.24, 2.45) is 5.92 Å². The quantitative estimate of drug-likeness (QED) is 0.713. The van der Waals surface area contributed by atoms with E-state index in [-0.39, 0.29) is 12.6 Å². The van der Waals surface area contributed by atoms with E-state index < -0.39 is 12.6 Å². The van der Waals surface area contributed by atoms with Gasteiger partial charge in [-0.1, -0.05) is 26.2 Å². The molecule has 0 aromatic rings. The smallest absolute Gasteiger partial charge is 0.379 e. The van der Waals surface area contributed by atoms with Gasteiger partial charge in [0.2, 0.25) is 0 Å². The van der Waals surface area contributed by atoms with Gasteiger partial charge in [0, 0.05) is 6.04 Å². The first-order chi connectivity index (χ1) is 8.53. The maximum Gasteiger partial charge on any atom is 0.391 e. The first-order valence-electron chi connectivity index (χ1n) is 6.91.